The molecule has 0 bridgehead atoms. The molecule has 0 aromatic rings. The standard InChI is InChI=1S/C14H24N2O5/c1-5-6-14(3,12(18)19)15-13(20)16-7-9(2)10(8-16)11(17)21-4/h9-10H,5-8H2,1-4H3,(H,15,20)(H,18,19). The van der Waals surface area contributed by atoms with Gasteiger partial charge in [-0.25, -0.2) is 9.59 Å². The van der Waals surface area contributed by atoms with Gasteiger partial charge in [0.1, 0.15) is 5.54 Å². The Bertz CT molecular complexity index is 426. The lowest BCUT2D eigenvalue weighted by molar-refractivity contribution is -0.146. The first-order valence-corrected chi connectivity index (χ1v) is 7.13. The van der Waals surface area contributed by atoms with Gasteiger partial charge in [-0.15, -0.1) is 0 Å². The van der Waals surface area contributed by atoms with E-state index in [-0.39, 0.29) is 24.3 Å². The smallest absolute Gasteiger partial charge is 0.329 e. The summed E-state index contributed by atoms with van der Waals surface area (Å²) in [5.41, 5.74) is -1.29. The summed E-state index contributed by atoms with van der Waals surface area (Å²) in [6.45, 7) is 5.89. The van der Waals surface area contributed by atoms with E-state index in [2.05, 4.69) is 5.32 Å². The molecule has 2 N–H and O–H groups in total. The largest absolute Gasteiger partial charge is 0.480 e. The zero-order valence-electron chi connectivity index (χ0n) is 13.0. The molecule has 0 spiro atoms. The van der Waals surface area contributed by atoms with Crippen LogP contribution in [0.1, 0.15) is 33.6 Å². The normalized spacial score (nSPS) is 24.3. The van der Waals surface area contributed by atoms with Gasteiger partial charge in [-0.05, 0) is 19.3 Å². The summed E-state index contributed by atoms with van der Waals surface area (Å²) < 4.78 is 4.72. The summed E-state index contributed by atoms with van der Waals surface area (Å²) in [5, 5.41) is 11.8. The molecule has 1 heterocycles. The van der Waals surface area contributed by atoms with Crippen LogP contribution >= 0.6 is 0 Å². The van der Waals surface area contributed by atoms with Crippen molar-refractivity contribution in [3.05, 3.63) is 0 Å². The van der Waals surface area contributed by atoms with E-state index in [9.17, 15) is 19.5 Å². The quantitative estimate of drug-likeness (QED) is 0.741. The SMILES string of the molecule is CCCC(C)(NC(=O)N1CC(C)C(C(=O)OC)C1)C(=O)O. The van der Waals surface area contributed by atoms with E-state index in [1.807, 2.05) is 13.8 Å². The van der Waals surface area contributed by atoms with Crippen LogP contribution in [0.3, 0.4) is 0 Å². The molecule has 0 aliphatic carbocycles. The average Bonchev–Trinajstić information content (AvgIpc) is 2.80. The van der Waals surface area contributed by atoms with Crippen molar-refractivity contribution in [1.29, 1.82) is 0 Å². The second-order valence-electron chi connectivity index (χ2n) is 5.83. The summed E-state index contributed by atoms with van der Waals surface area (Å²) >= 11 is 0. The summed E-state index contributed by atoms with van der Waals surface area (Å²) in [4.78, 5) is 36.7. The van der Waals surface area contributed by atoms with Crippen molar-refractivity contribution >= 4 is 18.0 Å². The van der Waals surface area contributed by atoms with Gasteiger partial charge in [-0.2, -0.15) is 0 Å². The molecule has 0 aromatic carbocycles. The van der Waals surface area contributed by atoms with Gasteiger partial charge >= 0.3 is 18.0 Å². The van der Waals surface area contributed by atoms with Crippen LogP contribution in [-0.4, -0.2) is 53.7 Å². The highest BCUT2D eigenvalue weighted by molar-refractivity contribution is 5.86. The first kappa shape index (κ1) is 17.3. The summed E-state index contributed by atoms with van der Waals surface area (Å²) in [6, 6.07) is -0.452. The Kier molecular flexibility index (Phi) is 5.57. The number of carboxylic acid groups (broad SMARTS) is 1. The third-order valence-corrected chi connectivity index (χ3v) is 4.01. The minimum Gasteiger partial charge on any atom is -0.480 e. The predicted molar refractivity (Wildman–Crippen MR) is 75.7 cm³/mol. The van der Waals surface area contributed by atoms with E-state index >= 15 is 0 Å². The van der Waals surface area contributed by atoms with Crippen molar-refractivity contribution < 1.29 is 24.2 Å². The summed E-state index contributed by atoms with van der Waals surface area (Å²) in [5.74, 6) is -1.77. The van der Waals surface area contributed by atoms with Gasteiger partial charge < -0.3 is 20.1 Å². The van der Waals surface area contributed by atoms with E-state index in [0.717, 1.165) is 0 Å². The fraction of sp³-hybridized carbons (Fsp3) is 0.786. The fourth-order valence-corrected chi connectivity index (χ4v) is 2.63. The van der Waals surface area contributed by atoms with Crippen LogP contribution < -0.4 is 5.32 Å². The van der Waals surface area contributed by atoms with Crippen molar-refractivity contribution in [3.8, 4) is 0 Å². The molecule has 7 nitrogen and oxygen atoms in total. The lowest BCUT2D eigenvalue weighted by Gasteiger charge is -2.28. The molecule has 0 aromatic heterocycles. The van der Waals surface area contributed by atoms with Gasteiger partial charge in [0.25, 0.3) is 0 Å². The number of rotatable bonds is 5. The molecule has 1 aliphatic rings. The van der Waals surface area contributed by atoms with Crippen LogP contribution in [0.25, 0.3) is 0 Å². The van der Waals surface area contributed by atoms with E-state index in [0.29, 0.717) is 19.4 Å². The van der Waals surface area contributed by atoms with Crippen LogP contribution in [0.2, 0.25) is 0 Å². The predicted octanol–water partition coefficient (Wildman–Crippen LogP) is 1.08. The number of hydrogen-bond donors (Lipinski definition) is 2. The minimum absolute atomic E-state index is 0.00883. The van der Waals surface area contributed by atoms with Crippen LogP contribution in [-0.2, 0) is 14.3 Å². The number of carboxylic acids is 1. The number of nitrogens with one attached hydrogen (secondary N) is 1. The molecule has 120 valence electrons. The molecule has 0 radical (unpaired) electrons. The Morgan fingerprint density at radius 3 is 2.48 bits per heavy atom. The molecule has 1 fully saturated rings. The maximum atomic E-state index is 12.2. The third kappa shape index (κ3) is 3.86. The zero-order chi connectivity index (χ0) is 16.2. The second-order valence-corrected chi connectivity index (χ2v) is 5.83. The highest BCUT2D eigenvalue weighted by atomic mass is 16.5. The van der Waals surface area contributed by atoms with Crippen molar-refractivity contribution in [2.45, 2.75) is 39.2 Å². The van der Waals surface area contributed by atoms with E-state index in [1.165, 1.54) is 18.9 Å². The number of ether oxygens (including phenoxy) is 1. The zero-order valence-corrected chi connectivity index (χ0v) is 13.0. The summed E-state index contributed by atoms with van der Waals surface area (Å²) in [6.07, 6.45) is 0.988. The molecule has 1 saturated heterocycles. The van der Waals surface area contributed by atoms with Gasteiger partial charge in [-0.3, -0.25) is 4.79 Å². The number of methoxy groups -OCH3 is 1. The van der Waals surface area contributed by atoms with Crippen LogP contribution in [0.15, 0.2) is 0 Å². The van der Waals surface area contributed by atoms with Crippen molar-refractivity contribution in [2.75, 3.05) is 20.2 Å². The first-order valence-electron chi connectivity index (χ1n) is 7.13. The number of carbonyl (C=O) groups is 3. The number of aliphatic carboxylic acids is 1. The molecule has 0 saturated carbocycles. The Morgan fingerprint density at radius 1 is 1.38 bits per heavy atom. The van der Waals surface area contributed by atoms with Crippen molar-refractivity contribution in [1.82, 2.24) is 10.2 Å². The molecule has 3 atom stereocenters. The fourth-order valence-electron chi connectivity index (χ4n) is 2.63. The van der Waals surface area contributed by atoms with Gasteiger partial charge in [0, 0.05) is 13.1 Å². The Balaban J connectivity index is 2.72. The van der Waals surface area contributed by atoms with E-state index in [4.69, 9.17) is 4.74 Å². The van der Waals surface area contributed by atoms with Crippen LogP contribution in [0.4, 0.5) is 4.79 Å². The second kappa shape index (κ2) is 6.78. The number of likely N-dealkylation sites (tertiary alicyclic amines) is 1. The number of urea groups is 1. The molecule has 7 heteroatoms. The molecule has 3 unspecified atom stereocenters. The topological polar surface area (TPSA) is 95.9 Å². The minimum atomic E-state index is -1.29. The summed E-state index contributed by atoms with van der Waals surface area (Å²) in [7, 11) is 1.32. The molecule has 2 amide bonds. The van der Waals surface area contributed by atoms with Crippen LogP contribution in [0.5, 0.6) is 0 Å². The number of nitrogens with zero attached hydrogens (tertiary/aromatic N) is 1. The van der Waals surface area contributed by atoms with Gasteiger partial charge in [0.2, 0.25) is 0 Å². The Morgan fingerprint density at radius 2 is 2.00 bits per heavy atom. The Labute approximate surface area is 124 Å². The maximum absolute atomic E-state index is 12.2. The highest BCUT2D eigenvalue weighted by Crippen LogP contribution is 2.24. The van der Waals surface area contributed by atoms with Crippen LogP contribution in [0, 0.1) is 11.8 Å². The third-order valence-electron chi connectivity index (χ3n) is 4.01. The monoisotopic (exact) mass is 300 g/mol. The molecule has 1 rings (SSSR count). The maximum Gasteiger partial charge on any atom is 0.329 e. The van der Waals surface area contributed by atoms with E-state index in [1.54, 1.807) is 0 Å². The molecular weight excluding hydrogens is 276 g/mol. The molecule has 1 aliphatic heterocycles. The van der Waals surface area contributed by atoms with Crippen molar-refractivity contribution in [3.63, 3.8) is 0 Å². The molecule has 21 heavy (non-hydrogen) atoms. The number of hydrogen-bond acceptors (Lipinski definition) is 4. The lowest BCUT2D eigenvalue weighted by Crippen LogP contribution is -2.55. The number of amides is 2. The number of carbonyl (C=O) groups excluding carboxylic acids is 2. The Hall–Kier alpha value is -1.79. The van der Waals surface area contributed by atoms with E-state index < -0.39 is 17.5 Å². The lowest BCUT2D eigenvalue weighted by atomic mass is 9.96. The van der Waals surface area contributed by atoms with Gasteiger partial charge in [-0.1, -0.05) is 20.3 Å². The van der Waals surface area contributed by atoms with Gasteiger partial charge in [0.05, 0.1) is 13.0 Å². The average molecular weight is 300 g/mol. The first-order chi connectivity index (χ1) is 9.75. The highest BCUT2D eigenvalue weighted by Gasteiger charge is 2.41. The molecular formula is C14H24N2O5. The van der Waals surface area contributed by atoms with Gasteiger partial charge in [0.15, 0.2) is 0 Å². The number of esters is 1. The van der Waals surface area contributed by atoms with Crippen molar-refractivity contribution in [2.24, 2.45) is 11.8 Å².